The summed E-state index contributed by atoms with van der Waals surface area (Å²) in [6.07, 6.45) is -0.496. The average molecular weight is 246 g/mol. The van der Waals surface area contributed by atoms with Gasteiger partial charge in [-0.15, -0.1) is 11.3 Å². The lowest BCUT2D eigenvalue weighted by Gasteiger charge is -2.31. The summed E-state index contributed by atoms with van der Waals surface area (Å²) in [5.41, 5.74) is 0.368. The maximum Gasteiger partial charge on any atom is 0.273 e. The van der Waals surface area contributed by atoms with Crippen LogP contribution in [0, 0.1) is 6.92 Å². The second-order valence-corrected chi connectivity index (χ2v) is 4.96. The predicted octanol–water partition coefficient (Wildman–Crippen LogP) is 2.32. The molecule has 2 heterocycles. The second kappa shape index (κ2) is 4.08. The Morgan fingerprint density at radius 3 is 2.62 bits per heavy atom. The van der Waals surface area contributed by atoms with Crippen molar-refractivity contribution in [3.05, 3.63) is 16.1 Å². The van der Waals surface area contributed by atoms with Gasteiger partial charge in [0.05, 0.1) is 5.01 Å². The summed E-state index contributed by atoms with van der Waals surface area (Å²) in [5.74, 6) is -2.85. The molecule has 6 heteroatoms. The number of likely N-dealkylation sites (tertiary alicyclic amines) is 1. The van der Waals surface area contributed by atoms with Crippen molar-refractivity contribution in [1.29, 1.82) is 0 Å². The predicted molar refractivity (Wildman–Crippen MR) is 56.9 cm³/mol. The molecule has 1 aliphatic rings. The molecule has 0 saturated carbocycles. The van der Waals surface area contributed by atoms with E-state index in [9.17, 15) is 13.6 Å². The Balaban J connectivity index is 2.02. The van der Waals surface area contributed by atoms with Crippen LogP contribution in [0.1, 0.15) is 28.3 Å². The third-order valence-electron chi connectivity index (χ3n) is 2.62. The number of aromatic nitrogens is 1. The van der Waals surface area contributed by atoms with Gasteiger partial charge in [0.2, 0.25) is 0 Å². The molecule has 0 radical (unpaired) electrons. The van der Waals surface area contributed by atoms with Crippen LogP contribution in [-0.2, 0) is 0 Å². The average Bonchev–Trinajstić information content (AvgIpc) is 2.64. The highest BCUT2D eigenvalue weighted by atomic mass is 32.1. The van der Waals surface area contributed by atoms with Gasteiger partial charge in [-0.3, -0.25) is 4.79 Å². The van der Waals surface area contributed by atoms with E-state index in [-0.39, 0.29) is 31.8 Å². The fourth-order valence-corrected chi connectivity index (χ4v) is 2.25. The zero-order chi connectivity index (χ0) is 11.8. The second-order valence-electron chi connectivity index (χ2n) is 3.90. The van der Waals surface area contributed by atoms with Crippen molar-refractivity contribution in [3.8, 4) is 0 Å². The summed E-state index contributed by atoms with van der Waals surface area (Å²) < 4.78 is 25.8. The normalized spacial score (nSPS) is 19.8. The summed E-state index contributed by atoms with van der Waals surface area (Å²) in [6, 6.07) is 0. The molecular weight excluding hydrogens is 234 g/mol. The van der Waals surface area contributed by atoms with Crippen LogP contribution in [0.5, 0.6) is 0 Å². The zero-order valence-electron chi connectivity index (χ0n) is 8.87. The van der Waals surface area contributed by atoms with E-state index < -0.39 is 5.92 Å². The van der Waals surface area contributed by atoms with Gasteiger partial charge >= 0.3 is 0 Å². The van der Waals surface area contributed by atoms with Crippen molar-refractivity contribution in [2.24, 2.45) is 0 Å². The third-order valence-corrected chi connectivity index (χ3v) is 3.39. The molecule has 1 aromatic heterocycles. The molecule has 1 aromatic rings. The summed E-state index contributed by atoms with van der Waals surface area (Å²) in [4.78, 5) is 17.4. The number of hydrogen-bond acceptors (Lipinski definition) is 3. The van der Waals surface area contributed by atoms with Crippen LogP contribution in [0.3, 0.4) is 0 Å². The van der Waals surface area contributed by atoms with Gasteiger partial charge in [-0.1, -0.05) is 0 Å². The Morgan fingerprint density at radius 1 is 1.50 bits per heavy atom. The van der Waals surface area contributed by atoms with E-state index >= 15 is 0 Å². The number of piperidine rings is 1. The van der Waals surface area contributed by atoms with Crippen molar-refractivity contribution in [2.45, 2.75) is 25.7 Å². The van der Waals surface area contributed by atoms with Crippen LogP contribution < -0.4 is 0 Å². The van der Waals surface area contributed by atoms with Crippen molar-refractivity contribution >= 4 is 17.2 Å². The Bertz CT molecular complexity index is 395. The van der Waals surface area contributed by atoms with Gasteiger partial charge in [-0.2, -0.15) is 0 Å². The monoisotopic (exact) mass is 246 g/mol. The van der Waals surface area contributed by atoms with E-state index in [1.165, 1.54) is 16.2 Å². The molecule has 2 rings (SSSR count). The number of carbonyl (C=O) groups excluding carboxylic acids is 1. The first-order chi connectivity index (χ1) is 7.48. The number of rotatable bonds is 1. The maximum atomic E-state index is 12.9. The molecule has 0 aliphatic carbocycles. The van der Waals surface area contributed by atoms with Crippen LogP contribution in [0.15, 0.2) is 5.38 Å². The summed E-state index contributed by atoms with van der Waals surface area (Å²) in [6.45, 7) is 2.04. The smallest absolute Gasteiger partial charge is 0.273 e. The molecule has 16 heavy (non-hydrogen) atoms. The molecule has 0 N–H and O–H groups in total. The molecule has 0 atom stereocenters. The lowest BCUT2D eigenvalue weighted by Crippen LogP contribution is -2.42. The van der Waals surface area contributed by atoms with Crippen molar-refractivity contribution in [3.63, 3.8) is 0 Å². The largest absolute Gasteiger partial charge is 0.337 e. The summed E-state index contributed by atoms with van der Waals surface area (Å²) in [5, 5.41) is 2.48. The van der Waals surface area contributed by atoms with E-state index in [2.05, 4.69) is 4.98 Å². The molecule has 1 aliphatic heterocycles. The Morgan fingerprint density at radius 2 is 2.12 bits per heavy atom. The van der Waals surface area contributed by atoms with E-state index in [0.717, 1.165) is 5.01 Å². The van der Waals surface area contributed by atoms with Crippen LogP contribution >= 0.6 is 11.3 Å². The van der Waals surface area contributed by atoms with Crippen LogP contribution in [0.25, 0.3) is 0 Å². The molecule has 1 amide bonds. The van der Waals surface area contributed by atoms with E-state index in [1.54, 1.807) is 5.38 Å². The van der Waals surface area contributed by atoms with Gasteiger partial charge < -0.3 is 4.90 Å². The molecule has 0 spiro atoms. The van der Waals surface area contributed by atoms with Gasteiger partial charge in [-0.25, -0.2) is 13.8 Å². The number of alkyl halides is 2. The van der Waals surface area contributed by atoms with Crippen molar-refractivity contribution in [1.82, 2.24) is 9.88 Å². The lowest BCUT2D eigenvalue weighted by molar-refractivity contribution is -0.0495. The SMILES string of the molecule is Cc1nc(C(=O)N2CCC(F)(F)CC2)cs1. The minimum absolute atomic E-state index is 0.113. The minimum Gasteiger partial charge on any atom is -0.337 e. The molecule has 3 nitrogen and oxygen atoms in total. The number of thiazole rings is 1. The minimum atomic E-state index is -2.62. The first kappa shape index (κ1) is 11.4. The summed E-state index contributed by atoms with van der Waals surface area (Å²) >= 11 is 1.39. The maximum absolute atomic E-state index is 12.9. The highest BCUT2D eigenvalue weighted by molar-refractivity contribution is 7.09. The van der Waals surface area contributed by atoms with Crippen molar-refractivity contribution < 1.29 is 13.6 Å². The van der Waals surface area contributed by atoms with Gasteiger partial charge in [0.1, 0.15) is 5.69 Å². The summed E-state index contributed by atoms with van der Waals surface area (Å²) in [7, 11) is 0. The van der Waals surface area contributed by atoms with Crippen molar-refractivity contribution in [2.75, 3.05) is 13.1 Å². The molecule has 1 saturated heterocycles. The number of carbonyl (C=O) groups is 1. The Kier molecular flexibility index (Phi) is 2.92. The molecular formula is C10H12F2N2OS. The standard InChI is InChI=1S/C10H12F2N2OS/c1-7-13-8(6-16-7)9(15)14-4-2-10(11,12)3-5-14/h6H,2-5H2,1H3. The number of aryl methyl sites for hydroxylation is 1. The Hall–Kier alpha value is -1.04. The number of halogens is 2. The number of nitrogens with zero attached hydrogens (tertiary/aromatic N) is 2. The van der Waals surface area contributed by atoms with Gasteiger partial charge in [0, 0.05) is 31.3 Å². The topological polar surface area (TPSA) is 33.2 Å². The number of hydrogen-bond donors (Lipinski definition) is 0. The third kappa shape index (κ3) is 2.37. The van der Waals surface area contributed by atoms with E-state index in [1.807, 2.05) is 6.92 Å². The van der Waals surface area contributed by atoms with Gasteiger partial charge in [-0.05, 0) is 6.92 Å². The van der Waals surface area contributed by atoms with E-state index in [4.69, 9.17) is 0 Å². The molecule has 0 bridgehead atoms. The fraction of sp³-hybridized carbons (Fsp3) is 0.600. The highest BCUT2D eigenvalue weighted by Gasteiger charge is 2.36. The first-order valence-electron chi connectivity index (χ1n) is 5.07. The Labute approximate surface area is 96.1 Å². The highest BCUT2D eigenvalue weighted by Crippen LogP contribution is 2.28. The fourth-order valence-electron chi connectivity index (χ4n) is 1.66. The van der Waals surface area contributed by atoms with Crippen LogP contribution in [0.4, 0.5) is 8.78 Å². The molecule has 0 unspecified atom stereocenters. The first-order valence-corrected chi connectivity index (χ1v) is 5.95. The van der Waals surface area contributed by atoms with Gasteiger partial charge in [0.15, 0.2) is 0 Å². The van der Waals surface area contributed by atoms with Crippen LogP contribution in [0.2, 0.25) is 0 Å². The van der Waals surface area contributed by atoms with Crippen LogP contribution in [-0.4, -0.2) is 34.8 Å². The number of amides is 1. The molecule has 1 fully saturated rings. The van der Waals surface area contributed by atoms with Gasteiger partial charge in [0.25, 0.3) is 11.8 Å². The zero-order valence-corrected chi connectivity index (χ0v) is 9.69. The lowest BCUT2D eigenvalue weighted by atomic mass is 10.1. The van der Waals surface area contributed by atoms with E-state index in [0.29, 0.717) is 5.69 Å². The molecule has 88 valence electrons. The molecule has 0 aromatic carbocycles. The quantitative estimate of drug-likeness (QED) is 0.762.